The minimum atomic E-state index is 0.638. The Morgan fingerprint density at radius 1 is 1.38 bits per heavy atom. The zero-order valence-electron chi connectivity index (χ0n) is 8.34. The van der Waals surface area contributed by atoms with E-state index in [4.69, 9.17) is 5.73 Å². The van der Waals surface area contributed by atoms with Crippen molar-refractivity contribution < 1.29 is 0 Å². The summed E-state index contributed by atoms with van der Waals surface area (Å²) in [5.74, 6) is 1.20. The molecule has 0 amide bonds. The summed E-state index contributed by atoms with van der Waals surface area (Å²) < 4.78 is 0. The maximum absolute atomic E-state index is 5.56. The van der Waals surface area contributed by atoms with E-state index in [2.05, 4.69) is 32.0 Å². The number of hydrogen-bond donors (Lipinski definition) is 1. The zero-order valence-corrected chi connectivity index (χ0v) is 9.16. The van der Waals surface area contributed by atoms with Gasteiger partial charge in [0.25, 0.3) is 0 Å². The normalized spacial score (nSPS) is 10.4. The maximum atomic E-state index is 5.56. The fourth-order valence-electron chi connectivity index (χ4n) is 1.21. The van der Waals surface area contributed by atoms with E-state index in [1.165, 1.54) is 28.2 Å². The molecule has 0 aliphatic heterocycles. The average Bonchev–Trinajstić information content (AvgIpc) is 2.16. The first-order valence-electron chi connectivity index (χ1n) is 4.70. The number of nitrogens with two attached hydrogens (primary N) is 1. The molecule has 0 bridgehead atoms. The summed E-state index contributed by atoms with van der Waals surface area (Å²) in [6.45, 7) is 4.99. The van der Waals surface area contributed by atoms with Crippen molar-refractivity contribution in [3.05, 3.63) is 29.3 Å². The zero-order chi connectivity index (χ0) is 9.68. The molecule has 0 fully saturated rings. The monoisotopic (exact) mass is 195 g/mol. The molecule has 72 valence electrons. The third-order valence-electron chi connectivity index (χ3n) is 1.94. The van der Waals surface area contributed by atoms with Crippen LogP contribution in [0.15, 0.2) is 23.1 Å². The van der Waals surface area contributed by atoms with Crippen molar-refractivity contribution in [2.24, 2.45) is 5.73 Å². The molecule has 2 heteroatoms. The van der Waals surface area contributed by atoms with E-state index in [1.807, 2.05) is 11.8 Å². The summed E-state index contributed by atoms with van der Waals surface area (Å²) in [6.07, 6.45) is 1.22. The predicted molar refractivity (Wildman–Crippen MR) is 60.1 cm³/mol. The van der Waals surface area contributed by atoms with Crippen LogP contribution in [0.5, 0.6) is 0 Å². The number of hydrogen-bond acceptors (Lipinski definition) is 2. The highest BCUT2D eigenvalue weighted by Crippen LogP contribution is 2.23. The van der Waals surface area contributed by atoms with Gasteiger partial charge in [0.15, 0.2) is 0 Å². The van der Waals surface area contributed by atoms with Gasteiger partial charge in [-0.25, -0.2) is 0 Å². The highest BCUT2D eigenvalue weighted by molar-refractivity contribution is 7.99. The fourth-order valence-corrected chi connectivity index (χ4v) is 2.09. The molecule has 0 aliphatic carbocycles. The van der Waals surface area contributed by atoms with Crippen molar-refractivity contribution in [3.63, 3.8) is 0 Å². The Kier molecular flexibility index (Phi) is 4.33. The van der Waals surface area contributed by atoms with Crippen LogP contribution in [-0.2, 0) is 6.54 Å². The minimum Gasteiger partial charge on any atom is -0.326 e. The second-order valence-corrected chi connectivity index (χ2v) is 4.29. The Balaban J connectivity index is 2.73. The third kappa shape index (κ3) is 3.05. The summed E-state index contributed by atoms with van der Waals surface area (Å²) in [7, 11) is 0. The van der Waals surface area contributed by atoms with Crippen molar-refractivity contribution in [1.29, 1.82) is 0 Å². The quantitative estimate of drug-likeness (QED) is 0.747. The van der Waals surface area contributed by atoms with E-state index in [1.54, 1.807) is 0 Å². The Bertz CT molecular complexity index is 271. The lowest BCUT2D eigenvalue weighted by Crippen LogP contribution is -1.96. The minimum absolute atomic E-state index is 0.638. The first kappa shape index (κ1) is 10.6. The van der Waals surface area contributed by atoms with Gasteiger partial charge in [-0.15, -0.1) is 11.8 Å². The Hall–Kier alpha value is -0.470. The molecule has 1 nitrogen and oxygen atoms in total. The van der Waals surface area contributed by atoms with Gasteiger partial charge in [-0.3, -0.25) is 0 Å². The van der Waals surface area contributed by atoms with E-state index in [-0.39, 0.29) is 0 Å². The lowest BCUT2D eigenvalue weighted by atomic mass is 10.1. The maximum Gasteiger partial charge on any atom is 0.0178 e. The van der Waals surface area contributed by atoms with Crippen molar-refractivity contribution in [2.45, 2.75) is 31.7 Å². The Labute approximate surface area is 84.7 Å². The summed E-state index contributed by atoms with van der Waals surface area (Å²) in [4.78, 5) is 1.39. The fraction of sp³-hybridized carbons (Fsp3) is 0.455. The molecule has 0 saturated heterocycles. The van der Waals surface area contributed by atoms with Gasteiger partial charge in [0.2, 0.25) is 0 Å². The van der Waals surface area contributed by atoms with Gasteiger partial charge in [0.1, 0.15) is 0 Å². The smallest absolute Gasteiger partial charge is 0.0178 e. The van der Waals surface area contributed by atoms with Crippen molar-refractivity contribution in [1.82, 2.24) is 0 Å². The number of benzene rings is 1. The second kappa shape index (κ2) is 5.30. The molecule has 0 aromatic heterocycles. The standard InChI is InChI=1S/C11H17NS/c1-3-6-13-11-5-4-10(8-12)7-9(11)2/h4-5,7H,3,6,8,12H2,1-2H3. The summed E-state index contributed by atoms with van der Waals surface area (Å²) in [5, 5.41) is 0. The Morgan fingerprint density at radius 2 is 2.15 bits per heavy atom. The SMILES string of the molecule is CCCSc1ccc(CN)cc1C. The van der Waals surface area contributed by atoms with Crippen molar-refractivity contribution >= 4 is 11.8 Å². The average molecular weight is 195 g/mol. The topological polar surface area (TPSA) is 26.0 Å². The van der Waals surface area contributed by atoms with E-state index in [0.717, 1.165) is 0 Å². The molecule has 1 aromatic carbocycles. The molecule has 13 heavy (non-hydrogen) atoms. The molecule has 0 unspecified atom stereocenters. The van der Waals surface area contributed by atoms with Gasteiger partial charge < -0.3 is 5.73 Å². The van der Waals surface area contributed by atoms with Crippen LogP contribution < -0.4 is 5.73 Å². The first-order valence-corrected chi connectivity index (χ1v) is 5.69. The second-order valence-electron chi connectivity index (χ2n) is 3.15. The first-order chi connectivity index (χ1) is 6.27. The van der Waals surface area contributed by atoms with Crippen LogP contribution in [0.2, 0.25) is 0 Å². The molecular weight excluding hydrogens is 178 g/mol. The van der Waals surface area contributed by atoms with Gasteiger partial charge in [0, 0.05) is 11.4 Å². The molecule has 1 rings (SSSR count). The van der Waals surface area contributed by atoms with E-state index < -0.39 is 0 Å². The van der Waals surface area contributed by atoms with Gasteiger partial charge in [-0.1, -0.05) is 19.1 Å². The van der Waals surface area contributed by atoms with Crippen LogP contribution in [-0.4, -0.2) is 5.75 Å². The van der Waals surface area contributed by atoms with Crippen LogP contribution in [0.3, 0.4) is 0 Å². The lowest BCUT2D eigenvalue weighted by Gasteiger charge is -2.06. The van der Waals surface area contributed by atoms with Crippen molar-refractivity contribution in [3.8, 4) is 0 Å². The highest BCUT2D eigenvalue weighted by atomic mass is 32.2. The summed E-state index contributed by atoms with van der Waals surface area (Å²) in [5.41, 5.74) is 8.13. The molecule has 0 aliphatic rings. The molecule has 2 N–H and O–H groups in total. The van der Waals surface area contributed by atoms with Crippen LogP contribution in [0.4, 0.5) is 0 Å². The van der Waals surface area contributed by atoms with E-state index >= 15 is 0 Å². The van der Waals surface area contributed by atoms with Crippen LogP contribution in [0.1, 0.15) is 24.5 Å². The number of aryl methyl sites for hydroxylation is 1. The lowest BCUT2D eigenvalue weighted by molar-refractivity contribution is 1.05. The summed E-state index contributed by atoms with van der Waals surface area (Å²) in [6, 6.07) is 6.47. The molecule has 0 spiro atoms. The van der Waals surface area contributed by atoms with Crippen molar-refractivity contribution in [2.75, 3.05) is 5.75 Å². The predicted octanol–water partition coefficient (Wildman–Crippen LogP) is 2.96. The highest BCUT2D eigenvalue weighted by Gasteiger charge is 1.98. The van der Waals surface area contributed by atoms with E-state index in [0.29, 0.717) is 6.54 Å². The van der Waals surface area contributed by atoms with Crippen LogP contribution in [0.25, 0.3) is 0 Å². The largest absolute Gasteiger partial charge is 0.326 e. The van der Waals surface area contributed by atoms with Gasteiger partial charge in [-0.2, -0.15) is 0 Å². The van der Waals surface area contributed by atoms with Gasteiger partial charge >= 0.3 is 0 Å². The number of rotatable bonds is 4. The van der Waals surface area contributed by atoms with E-state index in [9.17, 15) is 0 Å². The van der Waals surface area contributed by atoms with Crippen LogP contribution in [0, 0.1) is 6.92 Å². The van der Waals surface area contributed by atoms with Crippen LogP contribution >= 0.6 is 11.8 Å². The molecule has 0 saturated carbocycles. The van der Waals surface area contributed by atoms with Gasteiger partial charge in [-0.05, 0) is 36.3 Å². The molecular formula is C11H17NS. The summed E-state index contributed by atoms with van der Waals surface area (Å²) >= 11 is 1.93. The molecule has 0 atom stereocenters. The third-order valence-corrected chi connectivity index (χ3v) is 3.32. The number of thioether (sulfide) groups is 1. The van der Waals surface area contributed by atoms with Gasteiger partial charge in [0.05, 0.1) is 0 Å². The molecule has 0 radical (unpaired) electrons. The molecule has 1 aromatic rings. The Morgan fingerprint density at radius 3 is 2.69 bits per heavy atom. The molecule has 0 heterocycles.